The summed E-state index contributed by atoms with van der Waals surface area (Å²) in [5.74, 6) is -1.28. The van der Waals surface area contributed by atoms with Gasteiger partial charge in [0.05, 0.1) is 12.4 Å². The van der Waals surface area contributed by atoms with Gasteiger partial charge in [0, 0.05) is 12.5 Å². The highest BCUT2D eigenvalue weighted by Crippen LogP contribution is 2.05. The van der Waals surface area contributed by atoms with Gasteiger partial charge in [-0.2, -0.15) is 0 Å². The predicted octanol–water partition coefficient (Wildman–Crippen LogP) is 0.374. The molecule has 0 aromatic heterocycles. The number of carbonyl (C=O) groups is 1. The van der Waals surface area contributed by atoms with E-state index in [1.807, 2.05) is 30.3 Å². The van der Waals surface area contributed by atoms with Crippen LogP contribution in [-0.2, 0) is 21.2 Å². The van der Waals surface area contributed by atoms with Crippen LogP contribution in [0.3, 0.4) is 0 Å². The lowest BCUT2D eigenvalue weighted by molar-refractivity contribution is -0.137. The van der Waals surface area contributed by atoms with Crippen molar-refractivity contribution in [1.29, 1.82) is 0 Å². The summed E-state index contributed by atoms with van der Waals surface area (Å²) in [5.41, 5.74) is 0.916. The van der Waals surface area contributed by atoms with E-state index in [2.05, 4.69) is 4.72 Å². The summed E-state index contributed by atoms with van der Waals surface area (Å²) < 4.78 is 25.9. The summed E-state index contributed by atoms with van der Waals surface area (Å²) >= 11 is 0. The minimum absolute atomic E-state index is 0.0498. The van der Waals surface area contributed by atoms with Gasteiger partial charge >= 0.3 is 5.97 Å². The maximum atomic E-state index is 11.8. The Morgan fingerprint density at radius 1 is 1.25 bits per heavy atom. The van der Waals surface area contributed by atoms with Gasteiger partial charge in [-0.05, 0) is 18.4 Å². The van der Waals surface area contributed by atoms with E-state index in [0.717, 1.165) is 5.56 Å². The third-order valence-electron chi connectivity index (χ3n) is 2.70. The van der Waals surface area contributed by atoms with Gasteiger partial charge in [-0.15, -0.1) is 0 Å². The number of carboxylic acid groups (broad SMARTS) is 1. The molecule has 0 aliphatic carbocycles. The zero-order chi connectivity index (χ0) is 15.0. The van der Waals surface area contributed by atoms with Gasteiger partial charge in [-0.1, -0.05) is 30.3 Å². The van der Waals surface area contributed by atoms with Gasteiger partial charge in [0.25, 0.3) is 0 Å². The van der Waals surface area contributed by atoms with Crippen molar-refractivity contribution >= 4 is 16.0 Å². The minimum Gasteiger partial charge on any atom is -0.481 e. The first kappa shape index (κ1) is 16.6. The fourth-order valence-corrected chi connectivity index (χ4v) is 3.08. The number of hydrogen-bond donors (Lipinski definition) is 3. The van der Waals surface area contributed by atoms with Crippen LogP contribution >= 0.6 is 0 Å². The largest absolute Gasteiger partial charge is 0.481 e. The fraction of sp³-hybridized carbons (Fsp3) is 0.462. The van der Waals surface area contributed by atoms with Crippen molar-refractivity contribution in [2.24, 2.45) is 0 Å². The molecule has 0 spiro atoms. The molecule has 1 atom stereocenters. The standard InChI is InChI=1S/C13H19NO5S/c15-10-12(9-11-5-2-1-3-6-11)14-20(18,19)8-4-7-13(16)17/h1-3,5-6,12,14-15H,4,7-10H2,(H,16,17). The molecule has 0 amide bonds. The van der Waals surface area contributed by atoms with Crippen molar-refractivity contribution in [2.75, 3.05) is 12.4 Å². The smallest absolute Gasteiger partial charge is 0.303 e. The van der Waals surface area contributed by atoms with Crippen molar-refractivity contribution in [3.05, 3.63) is 35.9 Å². The Kier molecular flexibility index (Phi) is 6.63. The lowest BCUT2D eigenvalue weighted by atomic mass is 10.1. The second kappa shape index (κ2) is 7.98. The number of sulfonamides is 1. The zero-order valence-corrected chi connectivity index (χ0v) is 11.8. The quantitative estimate of drug-likeness (QED) is 0.611. The number of nitrogens with one attached hydrogen (secondary N) is 1. The van der Waals surface area contributed by atoms with E-state index in [4.69, 9.17) is 5.11 Å². The SMILES string of the molecule is O=C(O)CCCS(=O)(=O)NC(CO)Cc1ccccc1. The lowest BCUT2D eigenvalue weighted by Crippen LogP contribution is -2.40. The number of aliphatic hydroxyl groups is 1. The van der Waals surface area contributed by atoms with Crippen molar-refractivity contribution in [3.63, 3.8) is 0 Å². The average Bonchev–Trinajstić information content (AvgIpc) is 2.38. The second-order valence-corrected chi connectivity index (χ2v) is 6.38. The maximum absolute atomic E-state index is 11.8. The van der Waals surface area contributed by atoms with Crippen LogP contribution in [0.1, 0.15) is 18.4 Å². The molecule has 6 nitrogen and oxygen atoms in total. The predicted molar refractivity (Wildman–Crippen MR) is 74.8 cm³/mol. The van der Waals surface area contributed by atoms with Crippen LogP contribution in [0.5, 0.6) is 0 Å². The topological polar surface area (TPSA) is 104 Å². The molecule has 1 unspecified atom stereocenters. The molecule has 7 heteroatoms. The first-order valence-electron chi connectivity index (χ1n) is 6.29. The second-order valence-electron chi connectivity index (χ2n) is 4.50. The molecule has 0 aliphatic heterocycles. The van der Waals surface area contributed by atoms with Gasteiger partial charge in [-0.25, -0.2) is 13.1 Å². The van der Waals surface area contributed by atoms with Gasteiger partial charge in [0.1, 0.15) is 0 Å². The Morgan fingerprint density at radius 2 is 1.90 bits per heavy atom. The summed E-state index contributed by atoms with van der Waals surface area (Å²) in [6.07, 6.45) is 0.243. The van der Waals surface area contributed by atoms with Crippen LogP contribution < -0.4 is 4.72 Å². The van der Waals surface area contributed by atoms with Crippen LogP contribution in [0.2, 0.25) is 0 Å². The molecule has 1 aromatic carbocycles. The van der Waals surface area contributed by atoms with Crippen LogP contribution in [0.4, 0.5) is 0 Å². The summed E-state index contributed by atoms with van der Waals surface area (Å²) in [4.78, 5) is 10.3. The maximum Gasteiger partial charge on any atom is 0.303 e. The van der Waals surface area contributed by atoms with E-state index in [-0.39, 0.29) is 25.2 Å². The number of aliphatic carboxylic acids is 1. The third kappa shape index (κ3) is 6.65. The molecular formula is C13H19NO5S. The van der Waals surface area contributed by atoms with Crippen LogP contribution in [-0.4, -0.2) is 43.0 Å². The molecule has 3 N–H and O–H groups in total. The van der Waals surface area contributed by atoms with Gasteiger partial charge < -0.3 is 10.2 Å². The Hall–Kier alpha value is -1.44. The average molecular weight is 301 g/mol. The number of benzene rings is 1. The van der Waals surface area contributed by atoms with Crippen molar-refractivity contribution < 1.29 is 23.4 Å². The van der Waals surface area contributed by atoms with Crippen molar-refractivity contribution in [1.82, 2.24) is 4.72 Å². The first-order valence-corrected chi connectivity index (χ1v) is 7.95. The molecule has 0 saturated heterocycles. The van der Waals surface area contributed by atoms with Crippen LogP contribution in [0.15, 0.2) is 30.3 Å². The van der Waals surface area contributed by atoms with E-state index >= 15 is 0 Å². The highest BCUT2D eigenvalue weighted by atomic mass is 32.2. The van der Waals surface area contributed by atoms with Crippen molar-refractivity contribution in [2.45, 2.75) is 25.3 Å². The molecule has 20 heavy (non-hydrogen) atoms. The molecule has 0 aliphatic rings. The molecule has 0 saturated carbocycles. The van der Waals surface area contributed by atoms with E-state index < -0.39 is 22.0 Å². The highest BCUT2D eigenvalue weighted by Gasteiger charge is 2.17. The molecule has 0 bridgehead atoms. The van der Waals surface area contributed by atoms with E-state index in [1.165, 1.54) is 0 Å². The Morgan fingerprint density at radius 3 is 2.45 bits per heavy atom. The third-order valence-corrected chi connectivity index (χ3v) is 4.21. The normalized spacial score (nSPS) is 13.1. The van der Waals surface area contributed by atoms with E-state index in [1.54, 1.807) is 0 Å². The van der Waals surface area contributed by atoms with Crippen LogP contribution in [0.25, 0.3) is 0 Å². The van der Waals surface area contributed by atoms with Gasteiger partial charge in [0.15, 0.2) is 0 Å². The molecule has 1 aromatic rings. The summed E-state index contributed by atoms with van der Waals surface area (Å²) in [6.45, 7) is -0.312. The molecular weight excluding hydrogens is 282 g/mol. The molecule has 1 rings (SSSR count). The monoisotopic (exact) mass is 301 g/mol. The highest BCUT2D eigenvalue weighted by molar-refractivity contribution is 7.89. The number of aliphatic hydroxyl groups excluding tert-OH is 1. The molecule has 0 heterocycles. The lowest BCUT2D eigenvalue weighted by Gasteiger charge is -2.16. The molecule has 0 radical (unpaired) electrons. The number of rotatable bonds is 9. The van der Waals surface area contributed by atoms with Crippen molar-refractivity contribution in [3.8, 4) is 0 Å². The fourth-order valence-electron chi connectivity index (χ4n) is 1.77. The summed E-state index contributed by atoms with van der Waals surface area (Å²) in [7, 11) is -3.58. The molecule has 112 valence electrons. The van der Waals surface area contributed by atoms with E-state index in [0.29, 0.717) is 6.42 Å². The Labute approximate surface area is 118 Å². The number of carboxylic acids is 1. The van der Waals surface area contributed by atoms with Gasteiger partial charge in [-0.3, -0.25) is 4.79 Å². The van der Waals surface area contributed by atoms with Gasteiger partial charge in [0.2, 0.25) is 10.0 Å². The Bertz CT molecular complexity index is 515. The summed E-state index contributed by atoms with van der Waals surface area (Å²) in [5, 5.41) is 17.7. The number of hydrogen-bond acceptors (Lipinski definition) is 4. The Balaban J connectivity index is 2.52. The van der Waals surface area contributed by atoms with E-state index in [9.17, 15) is 18.3 Å². The summed E-state index contributed by atoms with van der Waals surface area (Å²) in [6, 6.07) is 8.62. The van der Waals surface area contributed by atoms with Crippen LogP contribution in [0, 0.1) is 0 Å². The minimum atomic E-state index is -3.58. The zero-order valence-electron chi connectivity index (χ0n) is 11.0. The first-order chi connectivity index (χ1) is 9.43. The molecule has 0 fully saturated rings.